The van der Waals surface area contributed by atoms with E-state index in [1.54, 1.807) is 23.9 Å². The highest BCUT2D eigenvalue weighted by atomic mass is 32.1. The summed E-state index contributed by atoms with van der Waals surface area (Å²) in [6.45, 7) is 2.56. The number of methoxy groups -OCH3 is 1. The molecular formula is C22H20FN3O3S. The molecule has 0 radical (unpaired) electrons. The number of hydrogen-bond donors (Lipinski definition) is 1. The van der Waals surface area contributed by atoms with Crippen LogP contribution in [0.3, 0.4) is 0 Å². The molecule has 2 aromatic carbocycles. The second-order valence-corrected chi connectivity index (χ2v) is 7.59. The number of nitrogens with zero attached hydrogens (tertiary/aromatic N) is 2. The van der Waals surface area contributed by atoms with E-state index in [-0.39, 0.29) is 11.7 Å². The number of carbonyl (C=O) groups excluding carboxylic acids is 1. The smallest absolute Gasteiger partial charge is 0.261 e. The molecule has 0 aliphatic carbocycles. The van der Waals surface area contributed by atoms with Gasteiger partial charge in [-0.2, -0.15) is 5.10 Å². The summed E-state index contributed by atoms with van der Waals surface area (Å²) < 4.78 is 25.9. The van der Waals surface area contributed by atoms with Crippen molar-refractivity contribution in [3.63, 3.8) is 0 Å². The summed E-state index contributed by atoms with van der Waals surface area (Å²) in [5, 5.41) is 8.29. The lowest BCUT2D eigenvalue weighted by atomic mass is 10.3. The lowest BCUT2D eigenvalue weighted by Gasteiger charge is -2.10. The number of hydrogen-bond acceptors (Lipinski definition) is 5. The monoisotopic (exact) mass is 425 g/mol. The molecule has 8 heteroatoms. The van der Waals surface area contributed by atoms with Gasteiger partial charge in [0.15, 0.2) is 11.5 Å². The van der Waals surface area contributed by atoms with Crippen molar-refractivity contribution in [2.45, 2.75) is 6.92 Å². The number of aryl methyl sites for hydroxylation is 1. The number of nitrogens with one attached hydrogen (secondary N) is 1. The number of halogens is 1. The predicted molar refractivity (Wildman–Crippen MR) is 114 cm³/mol. The molecule has 2 aromatic heterocycles. The number of amides is 1. The summed E-state index contributed by atoms with van der Waals surface area (Å²) in [6, 6.07) is 15.3. The number of carbonyl (C=O) groups is 1. The Bertz CT molecular complexity index is 1180. The number of fused-ring (bicyclic) bond motifs is 1. The van der Waals surface area contributed by atoms with Gasteiger partial charge in [0.25, 0.3) is 5.91 Å². The molecule has 0 atom stereocenters. The van der Waals surface area contributed by atoms with Gasteiger partial charge >= 0.3 is 0 Å². The van der Waals surface area contributed by atoms with Crippen molar-refractivity contribution in [1.29, 1.82) is 0 Å². The molecule has 30 heavy (non-hydrogen) atoms. The molecule has 1 N–H and O–H groups in total. The van der Waals surface area contributed by atoms with E-state index in [2.05, 4.69) is 10.4 Å². The fourth-order valence-corrected chi connectivity index (χ4v) is 4.17. The maximum atomic E-state index is 13.2. The highest BCUT2D eigenvalue weighted by Gasteiger charge is 2.17. The molecule has 4 rings (SSSR count). The van der Waals surface area contributed by atoms with Crippen LogP contribution in [0.4, 0.5) is 4.39 Å². The van der Waals surface area contributed by atoms with Crippen LogP contribution in [0.5, 0.6) is 11.5 Å². The highest BCUT2D eigenvalue weighted by molar-refractivity contribution is 7.20. The van der Waals surface area contributed by atoms with Crippen LogP contribution in [-0.4, -0.2) is 35.9 Å². The van der Waals surface area contributed by atoms with E-state index < -0.39 is 0 Å². The minimum atomic E-state index is -0.305. The van der Waals surface area contributed by atoms with E-state index in [1.807, 2.05) is 37.3 Å². The Morgan fingerprint density at radius 1 is 1.17 bits per heavy atom. The Hall–Kier alpha value is -3.39. The zero-order valence-electron chi connectivity index (χ0n) is 16.5. The van der Waals surface area contributed by atoms with Crippen LogP contribution in [0.2, 0.25) is 0 Å². The minimum absolute atomic E-state index is 0.176. The zero-order chi connectivity index (χ0) is 21.1. The molecule has 6 nitrogen and oxygen atoms in total. The molecule has 0 saturated carbocycles. The maximum absolute atomic E-state index is 13.2. The summed E-state index contributed by atoms with van der Waals surface area (Å²) in [4.78, 5) is 14.0. The van der Waals surface area contributed by atoms with Crippen LogP contribution >= 0.6 is 11.3 Å². The predicted octanol–water partition coefficient (Wildman–Crippen LogP) is 4.35. The summed E-state index contributed by atoms with van der Waals surface area (Å²) in [5.74, 6) is 0.797. The SMILES string of the molecule is COc1ccccc1OCCNC(=O)c1cc2c(C)nn(-c3ccc(F)cc3)c2s1. The van der Waals surface area contributed by atoms with E-state index in [0.29, 0.717) is 29.5 Å². The molecule has 0 unspecified atom stereocenters. The molecule has 0 aliphatic heterocycles. The maximum Gasteiger partial charge on any atom is 0.261 e. The molecule has 4 aromatic rings. The second-order valence-electron chi connectivity index (χ2n) is 6.56. The third kappa shape index (κ3) is 3.99. The number of rotatable bonds is 7. The highest BCUT2D eigenvalue weighted by Crippen LogP contribution is 2.30. The Morgan fingerprint density at radius 3 is 2.63 bits per heavy atom. The Kier molecular flexibility index (Phi) is 5.67. The Morgan fingerprint density at radius 2 is 1.90 bits per heavy atom. The first kappa shape index (κ1) is 19.9. The van der Waals surface area contributed by atoms with Gasteiger partial charge in [-0.15, -0.1) is 11.3 Å². The van der Waals surface area contributed by atoms with Crippen LogP contribution in [0.1, 0.15) is 15.4 Å². The van der Waals surface area contributed by atoms with Crippen LogP contribution in [-0.2, 0) is 0 Å². The van der Waals surface area contributed by atoms with Crippen LogP contribution in [0.15, 0.2) is 54.6 Å². The van der Waals surface area contributed by atoms with Crippen molar-refractivity contribution in [3.8, 4) is 17.2 Å². The molecule has 0 aliphatic rings. The third-order valence-electron chi connectivity index (χ3n) is 4.55. The average Bonchev–Trinajstić information content (AvgIpc) is 3.33. The van der Waals surface area contributed by atoms with Crippen LogP contribution in [0.25, 0.3) is 15.9 Å². The zero-order valence-corrected chi connectivity index (χ0v) is 17.3. The first-order chi connectivity index (χ1) is 14.6. The largest absolute Gasteiger partial charge is 0.493 e. The van der Waals surface area contributed by atoms with Crippen molar-refractivity contribution in [2.75, 3.05) is 20.3 Å². The summed E-state index contributed by atoms with van der Waals surface area (Å²) in [5.41, 5.74) is 1.55. The molecule has 0 bridgehead atoms. The summed E-state index contributed by atoms with van der Waals surface area (Å²) >= 11 is 1.35. The standard InChI is InChI=1S/C22H20FN3O3S/c1-14-17-13-20(30-22(17)26(25-14)16-9-7-15(23)8-10-16)21(27)24-11-12-29-19-6-4-3-5-18(19)28-2/h3-10,13H,11-12H2,1-2H3,(H,24,27). The second kappa shape index (κ2) is 8.54. The first-order valence-corrected chi connectivity index (χ1v) is 10.2. The van der Waals surface area contributed by atoms with E-state index in [9.17, 15) is 9.18 Å². The molecule has 0 saturated heterocycles. The van der Waals surface area contributed by atoms with Crippen molar-refractivity contribution >= 4 is 27.5 Å². The van der Waals surface area contributed by atoms with Gasteiger partial charge in [-0.1, -0.05) is 12.1 Å². The topological polar surface area (TPSA) is 65.4 Å². The molecule has 0 fully saturated rings. The Labute approximate surface area is 176 Å². The minimum Gasteiger partial charge on any atom is -0.493 e. The molecule has 2 heterocycles. The van der Waals surface area contributed by atoms with Gasteiger partial charge in [0.1, 0.15) is 17.3 Å². The number of benzene rings is 2. The van der Waals surface area contributed by atoms with Crippen LogP contribution < -0.4 is 14.8 Å². The fourth-order valence-electron chi connectivity index (χ4n) is 3.07. The third-order valence-corrected chi connectivity index (χ3v) is 5.66. The van der Waals surface area contributed by atoms with E-state index in [4.69, 9.17) is 9.47 Å². The molecule has 1 amide bonds. The van der Waals surface area contributed by atoms with Gasteiger partial charge in [-0.05, 0) is 49.4 Å². The Balaban J connectivity index is 1.44. The summed E-state index contributed by atoms with van der Waals surface area (Å²) in [7, 11) is 1.58. The van der Waals surface area contributed by atoms with E-state index >= 15 is 0 Å². The van der Waals surface area contributed by atoms with Crippen molar-refractivity contribution in [3.05, 3.63) is 71.0 Å². The normalized spacial score (nSPS) is 10.9. The van der Waals surface area contributed by atoms with Crippen molar-refractivity contribution in [1.82, 2.24) is 15.1 Å². The number of aromatic nitrogens is 2. The van der Waals surface area contributed by atoms with Gasteiger partial charge in [0, 0.05) is 5.39 Å². The van der Waals surface area contributed by atoms with Gasteiger partial charge in [0.2, 0.25) is 0 Å². The lowest BCUT2D eigenvalue weighted by Crippen LogP contribution is -2.27. The van der Waals surface area contributed by atoms with Gasteiger partial charge in [0.05, 0.1) is 29.9 Å². The van der Waals surface area contributed by atoms with E-state index in [0.717, 1.165) is 21.6 Å². The molecule has 154 valence electrons. The quantitative estimate of drug-likeness (QED) is 0.447. The van der Waals surface area contributed by atoms with Gasteiger partial charge in [-0.25, -0.2) is 9.07 Å². The lowest BCUT2D eigenvalue weighted by molar-refractivity contribution is 0.0951. The number of thiophene rings is 1. The fraction of sp³-hybridized carbons (Fsp3) is 0.182. The number of ether oxygens (including phenoxy) is 2. The van der Waals surface area contributed by atoms with Crippen LogP contribution in [0, 0.1) is 12.7 Å². The van der Waals surface area contributed by atoms with Crippen molar-refractivity contribution < 1.29 is 18.7 Å². The van der Waals surface area contributed by atoms with Crippen molar-refractivity contribution in [2.24, 2.45) is 0 Å². The summed E-state index contributed by atoms with van der Waals surface area (Å²) in [6.07, 6.45) is 0. The van der Waals surface area contributed by atoms with Gasteiger partial charge < -0.3 is 14.8 Å². The van der Waals surface area contributed by atoms with Gasteiger partial charge in [-0.3, -0.25) is 4.79 Å². The average molecular weight is 425 g/mol. The molecule has 0 spiro atoms. The molecular weight excluding hydrogens is 405 g/mol. The number of para-hydroxylation sites is 2. The van der Waals surface area contributed by atoms with E-state index in [1.165, 1.54) is 23.5 Å². The first-order valence-electron chi connectivity index (χ1n) is 9.36.